The van der Waals surface area contributed by atoms with E-state index in [1.54, 1.807) is 0 Å². The van der Waals surface area contributed by atoms with Crippen molar-refractivity contribution in [3.8, 4) is 11.5 Å². The van der Waals surface area contributed by atoms with Gasteiger partial charge in [0.25, 0.3) is 0 Å². The summed E-state index contributed by atoms with van der Waals surface area (Å²) in [7, 11) is 0. The van der Waals surface area contributed by atoms with Crippen LogP contribution in [0.1, 0.15) is 11.6 Å². The number of hydrogen-bond donors (Lipinski definition) is 3. The predicted octanol–water partition coefficient (Wildman–Crippen LogP) is 1.86. The Bertz CT molecular complexity index is 390. The lowest BCUT2D eigenvalue weighted by Gasteiger charge is -2.33. The fourth-order valence-electron chi connectivity index (χ4n) is 2.18. The van der Waals surface area contributed by atoms with Gasteiger partial charge in [0.15, 0.2) is 0 Å². The summed E-state index contributed by atoms with van der Waals surface area (Å²) in [6, 6.07) is 3.74. The van der Waals surface area contributed by atoms with Crippen LogP contribution in [0.3, 0.4) is 0 Å². The molecule has 4 nitrogen and oxygen atoms in total. The Hall–Kier alpha value is -0.750. The van der Waals surface area contributed by atoms with Crippen molar-refractivity contribution in [3.63, 3.8) is 0 Å². The summed E-state index contributed by atoms with van der Waals surface area (Å²) in [5, 5.41) is 22.4. The third-order valence-electron chi connectivity index (χ3n) is 3.11. The van der Waals surface area contributed by atoms with Gasteiger partial charge in [0, 0.05) is 31.7 Å². The Kier molecular flexibility index (Phi) is 8.09. The minimum atomic E-state index is -0.572. The molecule has 1 aliphatic rings. The third kappa shape index (κ3) is 4.38. The van der Waals surface area contributed by atoms with E-state index in [4.69, 9.17) is 0 Å². The van der Waals surface area contributed by atoms with Gasteiger partial charge in [0.2, 0.25) is 0 Å². The fourth-order valence-corrected chi connectivity index (χ4v) is 2.18. The lowest BCUT2D eigenvalue weighted by Crippen LogP contribution is -2.45. The van der Waals surface area contributed by atoms with E-state index >= 15 is 0 Å². The molecule has 0 amide bonds. The topological polar surface area (TPSA) is 55.7 Å². The normalized spacial score (nSPS) is 17.1. The lowest BCUT2D eigenvalue weighted by atomic mass is 10.0. The van der Waals surface area contributed by atoms with Crippen molar-refractivity contribution in [3.05, 3.63) is 23.8 Å². The smallest absolute Gasteiger partial charge is 0.120 e. The summed E-state index contributed by atoms with van der Waals surface area (Å²) < 4.78 is 13.2. The van der Waals surface area contributed by atoms with Crippen LogP contribution in [-0.4, -0.2) is 48.0 Å². The molecule has 0 aromatic heterocycles. The number of nitrogens with zero attached hydrogens (tertiary/aromatic N) is 1. The van der Waals surface area contributed by atoms with Gasteiger partial charge in [-0.1, -0.05) is 0 Å². The Labute approximate surface area is 124 Å². The van der Waals surface area contributed by atoms with Gasteiger partial charge in [-0.05, 0) is 18.2 Å². The Morgan fingerprint density at radius 1 is 1.21 bits per heavy atom. The van der Waals surface area contributed by atoms with Crippen LogP contribution >= 0.6 is 24.8 Å². The van der Waals surface area contributed by atoms with Crippen molar-refractivity contribution < 1.29 is 14.6 Å². The van der Waals surface area contributed by atoms with Gasteiger partial charge >= 0.3 is 0 Å². The van der Waals surface area contributed by atoms with E-state index in [2.05, 4.69) is 5.32 Å². The highest BCUT2D eigenvalue weighted by Crippen LogP contribution is 2.32. The minimum Gasteiger partial charge on any atom is -0.508 e. The molecule has 0 saturated carbocycles. The average molecular weight is 313 g/mol. The van der Waals surface area contributed by atoms with E-state index in [1.165, 1.54) is 18.2 Å². The molecule has 0 aliphatic carbocycles. The predicted molar refractivity (Wildman–Crippen MR) is 77.4 cm³/mol. The Morgan fingerprint density at radius 2 is 1.84 bits per heavy atom. The summed E-state index contributed by atoms with van der Waals surface area (Å²) in [6.45, 7) is 2.54. The number of benzene rings is 1. The van der Waals surface area contributed by atoms with Gasteiger partial charge in [0.05, 0.1) is 6.04 Å². The molecule has 1 aliphatic heterocycles. The summed E-state index contributed by atoms with van der Waals surface area (Å²) >= 11 is 0. The number of phenols is 2. The van der Waals surface area contributed by atoms with Crippen molar-refractivity contribution in [1.82, 2.24) is 10.2 Å². The van der Waals surface area contributed by atoms with Crippen LogP contribution in [0.2, 0.25) is 0 Å². The summed E-state index contributed by atoms with van der Waals surface area (Å²) in [5.41, 5.74) is 0.453. The summed E-state index contributed by atoms with van der Waals surface area (Å²) in [6.07, 6.45) is 0. The van der Waals surface area contributed by atoms with E-state index in [1.807, 2.05) is 4.90 Å². The highest BCUT2D eigenvalue weighted by Gasteiger charge is 2.24. The van der Waals surface area contributed by atoms with Gasteiger partial charge in [-0.15, -0.1) is 24.8 Å². The van der Waals surface area contributed by atoms with E-state index < -0.39 is 12.7 Å². The molecule has 0 bridgehead atoms. The van der Waals surface area contributed by atoms with Crippen molar-refractivity contribution in [1.29, 1.82) is 0 Å². The molecule has 7 heteroatoms. The van der Waals surface area contributed by atoms with Crippen LogP contribution in [0.4, 0.5) is 4.39 Å². The molecule has 1 heterocycles. The second kappa shape index (κ2) is 8.43. The van der Waals surface area contributed by atoms with Crippen LogP contribution < -0.4 is 5.32 Å². The van der Waals surface area contributed by atoms with E-state index in [-0.39, 0.29) is 36.3 Å². The second-order valence-electron chi connectivity index (χ2n) is 4.20. The number of alkyl halides is 1. The standard InChI is InChI=1S/C12H17FN2O2.2ClH/c13-8-11(15-5-3-14-4-6-15)10-7-9(16)1-2-12(10)17;;/h1-2,7,11,14,16-17H,3-6,8H2;2*1H/t11-;;/m1../s1. The maximum Gasteiger partial charge on any atom is 0.120 e. The number of rotatable bonds is 3. The highest BCUT2D eigenvalue weighted by molar-refractivity contribution is 5.85. The monoisotopic (exact) mass is 312 g/mol. The van der Waals surface area contributed by atoms with Crippen molar-refractivity contribution >= 4 is 24.8 Å². The quantitative estimate of drug-likeness (QED) is 0.746. The lowest BCUT2D eigenvalue weighted by molar-refractivity contribution is 0.145. The molecule has 1 fully saturated rings. The van der Waals surface area contributed by atoms with Gasteiger partial charge < -0.3 is 15.5 Å². The molecule has 1 aromatic carbocycles. The van der Waals surface area contributed by atoms with Gasteiger partial charge in [0.1, 0.15) is 18.2 Å². The van der Waals surface area contributed by atoms with Gasteiger partial charge in [-0.2, -0.15) is 0 Å². The van der Waals surface area contributed by atoms with Crippen LogP contribution in [-0.2, 0) is 0 Å². The molecular weight excluding hydrogens is 294 g/mol. The third-order valence-corrected chi connectivity index (χ3v) is 3.11. The molecule has 0 unspecified atom stereocenters. The van der Waals surface area contributed by atoms with E-state index in [9.17, 15) is 14.6 Å². The first-order chi connectivity index (χ1) is 8.22. The van der Waals surface area contributed by atoms with Crippen molar-refractivity contribution in [2.75, 3.05) is 32.9 Å². The summed E-state index contributed by atoms with van der Waals surface area (Å²) in [5.74, 6) is 0.0790. The van der Waals surface area contributed by atoms with Gasteiger partial charge in [-0.25, -0.2) is 4.39 Å². The zero-order chi connectivity index (χ0) is 12.3. The molecule has 0 radical (unpaired) electrons. The molecule has 3 N–H and O–H groups in total. The first-order valence-corrected chi connectivity index (χ1v) is 5.75. The van der Waals surface area contributed by atoms with E-state index in [0.717, 1.165) is 26.2 Å². The minimum absolute atomic E-state index is 0. The molecule has 2 rings (SSSR count). The number of piperazine rings is 1. The summed E-state index contributed by atoms with van der Waals surface area (Å²) in [4.78, 5) is 1.98. The second-order valence-corrected chi connectivity index (χ2v) is 4.20. The molecule has 1 aromatic rings. The van der Waals surface area contributed by atoms with Crippen LogP contribution in [0.5, 0.6) is 11.5 Å². The van der Waals surface area contributed by atoms with Crippen LogP contribution in [0, 0.1) is 0 Å². The number of nitrogens with one attached hydrogen (secondary N) is 1. The average Bonchev–Trinajstić information content (AvgIpc) is 2.36. The SMILES string of the molecule is Cl.Cl.Oc1ccc(O)c([C@@H](CF)N2CCNCC2)c1. The maximum atomic E-state index is 13.2. The first-order valence-electron chi connectivity index (χ1n) is 5.75. The maximum absolute atomic E-state index is 13.2. The molecule has 19 heavy (non-hydrogen) atoms. The van der Waals surface area contributed by atoms with Gasteiger partial charge in [-0.3, -0.25) is 4.90 Å². The zero-order valence-corrected chi connectivity index (χ0v) is 12.0. The molecule has 110 valence electrons. The molecule has 1 atom stereocenters. The number of halogens is 3. The fraction of sp³-hybridized carbons (Fsp3) is 0.500. The molecule has 1 saturated heterocycles. The molecule has 0 spiro atoms. The highest BCUT2D eigenvalue weighted by atomic mass is 35.5. The van der Waals surface area contributed by atoms with E-state index in [0.29, 0.717) is 5.56 Å². The van der Waals surface area contributed by atoms with Crippen LogP contribution in [0.25, 0.3) is 0 Å². The Morgan fingerprint density at radius 3 is 2.42 bits per heavy atom. The van der Waals surface area contributed by atoms with Crippen LogP contribution in [0.15, 0.2) is 18.2 Å². The largest absolute Gasteiger partial charge is 0.508 e. The Balaban J connectivity index is 0.00000162. The first kappa shape index (κ1) is 18.2. The molecular formula is C12H19Cl2FN2O2. The number of phenolic OH excluding ortho intramolecular Hbond substituents is 2. The zero-order valence-electron chi connectivity index (χ0n) is 10.4. The van der Waals surface area contributed by atoms with Crippen molar-refractivity contribution in [2.24, 2.45) is 0 Å². The number of hydrogen-bond acceptors (Lipinski definition) is 4. The van der Waals surface area contributed by atoms with Crippen molar-refractivity contribution in [2.45, 2.75) is 6.04 Å². The number of aromatic hydroxyl groups is 2.